The highest BCUT2D eigenvalue weighted by Gasteiger charge is 2.56. The Morgan fingerprint density at radius 3 is 2.76 bits per heavy atom. The van der Waals surface area contributed by atoms with E-state index in [0.29, 0.717) is 18.7 Å². The van der Waals surface area contributed by atoms with Gasteiger partial charge in [-0.05, 0) is 25.7 Å². The van der Waals surface area contributed by atoms with E-state index in [1.54, 1.807) is 11.0 Å². The van der Waals surface area contributed by atoms with E-state index >= 15 is 0 Å². The quantitative estimate of drug-likeness (QED) is 0.928. The molecular formula is C19H20N2O4. The molecule has 0 radical (unpaired) electrons. The van der Waals surface area contributed by atoms with E-state index in [9.17, 15) is 14.7 Å². The fourth-order valence-corrected chi connectivity index (χ4v) is 4.19. The van der Waals surface area contributed by atoms with Crippen LogP contribution in [0.3, 0.4) is 0 Å². The Kier molecular flexibility index (Phi) is 3.63. The van der Waals surface area contributed by atoms with Crippen LogP contribution < -0.4 is 0 Å². The van der Waals surface area contributed by atoms with Crippen molar-refractivity contribution in [2.45, 2.75) is 26.2 Å². The third-order valence-electron chi connectivity index (χ3n) is 5.65. The molecule has 1 aromatic heterocycles. The lowest BCUT2D eigenvalue weighted by Gasteiger charge is -2.22. The topological polar surface area (TPSA) is 83.6 Å². The van der Waals surface area contributed by atoms with Crippen LogP contribution in [0.1, 0.15) is 35.4 Å². The summed E-state index contributed by atoms with van der Waals surface area (Å²) in [6.45, 7) is 2.74. The van der Waals surface area contributed by atoms with Crippen LogP contribution in [0.2, 0.25) is 0 Å². The van der Waals surface area contributed by atoms with Gasteiger partial charge in [0.15, 0.2) is 0 Å². The van der Waals surface area contributed by atoms with Gasteiger partial charge in [0.05, 0.1) is 5.41 Å². The minimum absolute atomic E-state index is 0.0356. The van der Waals surface area contributed by atoms with Gasteiger partial charge in [0.25, 0.3) is 5.91 Å². The highest BCUT2D eigenvalue weighted by atomic mass is 16.5. The van der Waals surface area contributed by atoms with Gasteiger partial charge in [-0.25, -0.2) is 0 Å². The van der Waals surface area contributed by atoms with E-state index in [4.69, 9.17) is 4.52 Å². The highest BCUT2D eigenvalue weighted by Crippen LogP contribution is 2.49. The predicted molar refractivity (Wildman–Crippen MR) is 90.0 cm³/mol. The number of fused-ring (bicyclic) bond motifs is 1. The number of nitrogens with zero attached hydrogens (tertiary/aromatic N) is 2. The van der Waals surface area contributed by atoms with E-state index in [-0.39, 0.29) is 24.1 Å². The van der Waals surface area contributed by atoms with Crippen molar-refractivity contribution in [3.05, 3.63) is 41.7 Å². The molecule has 2 atom stereocenters. The lowest BCUT2D eigenvalue weighted by molar-refractivity contribution is -0.149. The summed E-state index contributed by atoms with van der Waals surface area (Å²) in [7, 11) is 0. The average molecular weight is 340 g/mol. The van der Waals surface area contributed by atoms with Crippen LogP contribution in [0.25, 0.3) is 11.3 Å². The maximum Gasteiger partial charge on any atom is 0.311 e. The number of aromatic nitrogens is 1. The third-order valence-corrected chi connectivity index (χ3v) is 5.65. The summed E-state index contributed by atoms with van der Waals surface area (Å²) in [6.07, 6.45) is 2.42. The highest BCUT2D eigenvalue weighted by molar-refractivity contribution is 5.93. The Hall–Kier alpha value is -2.63. The number of aryl methyl sites for hydroxylation is 1. The van der Waals surface area contributed by atoms with E-state index in [2.05, 4.69) is 5.16 Å². The van der Waals surface area contributed by atoms with Gasteiger partial charge in [-0.15, -0.1) is 0 Å². The van der Waals surface area contributed by atoms with Gasteiger partial charge in [0.1, 0.15) is 5.69 Å². The molecule has 2 aromatic rings. The number of aliphatic carboxylic acids is 1. The first kappa shape index (κ1) is 15.9. The molecule has 130 valence electrons. The molecule has 0 unspecified atom stereocenters. The van der Waals surface area contributed by atoms with Gasteiger partial charge >= 0.3 is 5.97 Å². The van der Waals surface area contributed by atoms with Crippen LogP contribution in [0.4, 0.5) is 0 Å². The molecule has 2 aliphatic rings. The van der Waals surface area contributed by atoms with Crippen LogP contribution >= 0.6 is 0 Å². The molecule has 25 heavy (non-hydrogen) atoms. The Labute approximate surface area is 145 Å². The second-order valence-electron chi connectivity index (χ2n) is 7.18. The first-order valence-electron chi connectivity index (χ1n) is 8.56. The molecule has 1 aromatic carbocycles. The predicted octanol–water partition coefficient (Wildman–Crippen LogP) is 2.98. The number of carboxylic acid groups (broad SMARTS) is 1. The first-order chi connectivity index (χ1) is 12.0. The van der Waals surface area contributed by atoms with Crippen molar-refractivity contribution in [3.63, 3.8) is 0 Å². The molecule has 1 saturated carbocycles. The number of carbonyl (C=O) groups excluding carboxylic acids is 1. The summed E-state index contributed by atoms with van der Waals surface area (Å²) >= 11 is 0. The molecular weight excluding hydrogens is 320 g/mol. The Morgan fingerprint density at radius 2 is 2.08 bits per heavy atom. The second kappa shape index (κ2) is 5.72. The van der Waals surface area contributed by atoms with Crippen molar-refractivity contribution in [1.82, 2.24) is 10.1 Å². The number of carbonyl (C=O) groups is 2. The van der Waals surface area contributed by atoms with Crippen LogP contribution in [0.5, 0.6) is 0 Å². The van der Waals surface area contributed by atoms with E-state index in [1.807, 2.05) is 31.2 Å². The summed E-state index contributed by atoms with van der Waals surface area (Å²) in [5, 5.41) is 13.6. The fraction of sp³-hybridized carbons (Fsp3) is 0.421. The molecule has 6 heteroatoms. The number of likely N-dealkylation sites (tertiary alicyclic amines) is 1. The molecule has 4 rings (SSSR count). The molecule has 1 amide bonds. The first-order valence-corrected chi connectivity index (χ1v) is 8.56. The molecule has 2 fully saturated rings. The smallest absolute Gasteiger partial charge is 0.311 e. The Balaban J connectivity index is 1.55. The summed E-state index contributed by atoms with van der Waals surface area (Å²) in [6, 6.07) is 9.45. The summed E-state index contributed by atoms with van der Waals surface area (Å²) < 4.78 is 5.25. The molecule has 1 N–H and O–H groups in total. The lowest BCUT2D eigenvalue weighted by Crippen LogP contribution is -2.37. The maximum absolute atomic E-state index is 12.7. The van der Waals surface area contributed by atoms with E-state index in [1.165, 1.54) is 0 Å². The summed E-state index contributed by atoms with van der Waals surface area (Å²) in [4.78, 5) is 26.1. The van der Waals surface area contributed by atoms with Crippen molar-refractivity contribution < 1.29 is 19.2 Å². The summed E-state index contributed by atoms with van der Waals surface area (Å²) in [5.74, 6) is -0.867. The molecule has 6 nitrogen and oxygen atoms in total. The number of carboxylic acids is 1. The molecule has 1 aliphatic heterocycles. The number of benzene rings is 1. The van der Waals surface area contributed by atoms with Crippen molar-refractivity contribution in [1.29, 1.82) is 0 Å². The zero-order valence-electron chi connectivity index (χ0n) is 14.1. The van der Waals surface area contributed by atoms with Gasteiger partial charge in [-0.3, -0.25) is 9.59 Å². The molecule has 2 heterocycles. The van der Waals surface area contributed by atoms with Crippen LogP contribution in [0, 0.1) is 18.3 Å². The van der Waals surface area contributed by atoms with Gasteiger partial charge in [-0.2, -0.15) is 0 Å². The number of rotatable bonds is 3. The zero-order chi connectivity index (χ0) is 17.6. The monoisotopic (exact) mass is 340 g/mol. The van der Waals surface area contributed by atoms with E-state index < -0.39 is 11.4 Å². The molecule has 1 saturated heterocycles. The number of hydrogen-bond acceptors (Lipinski definition) is 4. The Morgan fingerprint density at radius 1 is 1.32 bits per heavy atom. The summed E-state index contributed by atoms with van der Waals surface area (Å²) in [5.41, 5.74) is 1.85. The van der Waals surface area contributed by atoms with Gasteiger partial charge in [0, 0.05) is 24.7 Å². The standard InChI is InChI=1S/C19H20N2O4/c1-12-4-6-13(7-5-12)15-9-16(25-20-15)17(22)21-10-14-3-2-8-19(14,11-21)18(23)24/h4-7,9,14H,2-3,8,10-11H2,1H3,(H,23,24)/t14-,19+/m0/s1. The van der Waals surface area contributed by atoms with Gasteiger partial charge in [-0.1, -0.05) is 41.4 Å². The SMILES string of the molecule is Cc1ccc(-c2cc(C(=O)N3C[C@@H]4CCC[C@@]4(C(=O)O)C3)on2)cc1. The van der Waals surface area contributed by atoms with Crippen molar-refractivity contribution >= 4 is 11.9 Å². The third kappa shape index (κ3) is 2.52. The normalized spacial score (nSPS) is 25.2. The zero-order valence-corrected chi connectivity index (χ0v) is 14.1. The van der Waals surface area contributed by atoms with Gasteiger partial charge in [0.2, 0.25) is 5.76 Å². The van der Waals surface area contributed by atoms with Gasteiger partial charge < -0.3 is 14.5 Å². The van der Waals surface area contributed by atoms with Crippen LogP contribution in [-0.2, 0) is 4.79 Å². The lowest BCUT2D eigenvalue weighted by atomic mass is 9.81. The minimum atomic E-state index is -0.789. The number of hydrogen-bond donors (Lipinski definition) is 1. The fourth-order valence-electron chi connectivity index (χ4n) is 4.19. The molecule has 0 bridgehead atoms. The number of amides is 1. The van der Waals surface area contributed by atoms with Crippen molar-refractivity contribution in [2.24, 2.45) is 11.3 Å². The Bertz CT molecular complexity index is 826. The largest absolute Gasteiger partial charge is 0.481 e. The molecule has 0 spiro atoms. The van der Waals surface area contributed by atoms with Crippen molar-refractivity contribution in [2.75, 3.05) is 13.1 Å². The molecule has 1 aliphatic carbocycles. The maximum atomic E-state index is 12.7. The van der Waals surface area contributed by atoms with Crippen LogP contribution in [0.15, 0.2) is 34.9 Å². The van der Waals surface area contributed by atoms with E-state index in [0.717, 1.165) is 24.0 Å². The van der Waals surface area contributed by atoms with Crippen molar-refractivity contribution in [3.8, 4) is 11.3 Å². The van der Waals surface area contributed by atoms with Crippen LogP contribution in [-0.4, -0.2) is 40.1 Å². The average Bonchev–Trinajstić information content (AvgIpc) is 3.29. The minimum Gasteiger partial charge on any atom is -0.481 e. The second-order valence-corrected chi connectivity index (χ2v) is 7.18.